The summed E-state index contributed by atoms with van der Waals surface area (Å²) in [6.45, 7) is 4.45. The first-order chi connectivity index (χ1) is 12.7. The van der Waals surface area contributed by atoms with Crippen LogP contribution < -0.4 is 0 Å². The standard InChI is InChI=1S/C22H20N2S2/c1-16(2)17-10-12-19(13-11-17)25-22-15-18-7-3-4-8-20(18)24(22)26-21-9-5-6-14-23-21/h3-16H,1-2H3. The smallest absolute Gasteiger partial charge is 0.117 e. The van der Waals surface area contributed by atoms with Gasteiger partial charge >= 0.3 is 0 Å². The summed E-state index contributed by atoms with van der Waals surface area (Å²) in [5.41, 5.74) is 2.59. The summed E-state index contributed by atoms with van der Waals surface area (Å²) in [4.78, 5) is 5.72. The summed E-state index contributed by atoms with van der Waals surface area (Å²) >= 11 is 3.46. The van der Waals surface area contributed by atoms with Gasteiger partial charge in [0.1, 0.15) is 5.03 Å². The number of fused-ring (bicyclic) bond motifs is 1. The average molecular weight is 377 g/mol. The van der Waals surface area contributed by atoms with Gasteiger partial charge in [-0.25, -0.2) is 4.98 Å². The van der Waals surface area contributed by atoms with Crippen LogP contribution in [0.3, 0.4) is 0 Å². The lowest BCUT2D eigenvalue weighted by Crippen LogP contribution is -1.91. The van der Waals surface area contributed by atoms with Gasteiger partial charge in [-0.1, -0.05) is 62.0 Å². The Morgan fingerprint density at radius 3 is 2.38 bits per heavy atom. The fourth-order valence-electron chi connectivity index (χ4n) is 2.81. The van der Waals surface area contributed by atoms with Gasteiger partial charge in [-0.2, -0.15) is 0 Å². The molecule has 0 unspecified atom stereocenters. The van der Waals surface area contributed by atoms with E-state index in [4.69, 9.17) is 0 Å². The summed E-state index contributed by atoms with van der Waals surface area (Å²) in [6.07, 6.45) is 1.84. The average Bonchev–Trinajstić information content (AvgIpc) is 3.00. The SMILES string of the molecule is CC(C)c1ccc(Sc2cc3ccccc3n2Sc2ccccn2)cc1. The number of para-hydroxylation sites is 1. The second kappa shape index (κ2) is 7.60. The first-order valence-corrected chi connectivity index (χ1v) is 10.3. The van der Waals surface area contributed by atoms with Crippen molar-refractivity contribution < 1.29 is 0 Å². The Morgan fingerprint density at radius 1 is 0.885 bits per heavy atom. The molecule has 0 aliphatic heterocycles. The molecule has 0 radical (unpaired) electrons. The molecule has 130 valence electrons. The third kappa shape index (κ3) is 3.67. The fourth-order valence-corrected chi connectivity index (χ4v) is 4.75. The van der Waals surface area contributed by atoms with E-state index in [0.29, 0.717) is 5.92 Å². The third-order valence-corrected chi connectivity index (χ3v) is 6.36. The van der Waals surface area contributed by atoms with E-state index < -0.39 is 0 Å². The molecule has 0 saturated heterocycles. The van der Waals surface area contributed by atoms with Crippen molar-refractivity contribution in [2.24, 2.45) is 0 Å². The summed E-state index contributed by atoms with van der Waals surface area (Å²) in [5, 5.41) is 3.45. The molecule has 4 aromatic rings. The molecular weight excluding hydrogens is 356 g/mol. The minimum absolute atomic E-state index is 0.556. The molecule has 2 aromatic heterocycles. The van der Waals surface area contributed by atoms with Gasteiger partial charge in [0.25, 0.3) is 0 Å². The lowest BCUT2D eigenvalue weighted by molar-refractivity contribution is 0.865. The molecule has 0 fully saturated rings. The maximum atomic E-state index is 4.47. The number of hydrogen-bond acceptors (Lipinski definition) is 3. The van der Waals surface area contributed by atoms with Gasteiger partial charge in [-0.3, -0.25) is 3.97 Å². The van der Waals surface area contributed by atoms with E-state index in [9.17, 15) is 0 Å². The quantitative estimate of drug-likeness (QED) is 0.379. The van der Waals surface area contributed by atoms with Crippen molar-refractivity contribution in [3.8, 4) is 0 Å². The van der Waals surface area contributed by atoms with E-state index in [2.05, 4.69) is 77.4 Å². The highest BCUT2D eigenvalue weighted by atomic mass is 32.2. The van der Waals surface area contributed by atoms with Crippen LogP contribution in [0, 0.1) is 0 Å². The van der Waals surface area contributed by atoms with Crippen LogP contribution in [0.1, 0.15) is 25.3 Å². The van der Waals surface area contributed by atoms with Crippen molar-refractivity contribution in [3.05, 3.63) is 84.6 Å². The van der Waals surface area contributed by atoms with E-state index in [1.54, 1.807) is 23.7 Å². The van der Waals surface area contributed by atoms with Gasteiger partial charge in [-0.15, -0.1) is 0 Å². The summed E-state index contributed by atoms with van der Waals surface area (Å²) < 4.78 is 2.28. The molecule has 0 aliphatic carbocycles. The lowest BCUT2D eigenvalue weighted by Gasteiger charge is -2.10. The molecule has 2 heterocycles. The second-order valence-electron chi connectivity index (χ2n) is 6.42. The van der Waals surface area contributed by atoms with Crippen LogP contribution >= 0.6 is 23.7 Å². The number of hydrogen-bond donors (Lipinski definition) is 0. The Balaban J connectivity index is 1.70. The molecule has 0 N–H and O–H groups in total. The van der Waals surface area contributed by atoms with E-state index in [-0.39, 0.29) is 0 Å². The monoisotopic (exact) mass is 376 g/mol. The van der Waals surface area contributed by atoms with Gasteiger partial charge < -0.3 is 0 Å². The van der Waals surface area contributed by atoms with Crippen LogP contribution in [0.4, 0.5) is 0 Å². The topological polar surface area (TPSA) is 17.8 Å². The van der Waals surface area contributed by atoms with E-state index >= 15 is 0 Å². The molecule has 4 rings (SSSR count). The van der Waals surface area contributed by atoms with Crippen molar-refractivity contribution in [2.45, 2.75) is 34.7 Å². The van der Waals surface area contributed by atoms with Crippen LogP contribution in [0.25, 0.3) is 10.9 Å². The summed E-state index contributed by atoms with van der Waals surface area (Å²) in [6, 6.07) is 25.7. The van der Waals surface area contributed by atoms with Gasteiger partial charge in [-0.05, 0) is 47.9 Å². The highest BCUT2D eigenvalue weighted by Crippen LogP contribution is 2.37. The Kier molecular flexibility index (Phi) is 5.05. The Hall–Kier alpha value is -2.17. The zero-order valence-corrected chi connectivity index (χ0v) is 16.4. The zero-order valence-electron chi connectivity index (χ0n) is 14.8. The van der Waals surface area contributed by atoms with Crippen molar-refractivity contribution in [1.29, 1.82) is 0 Å². The number of rotatable bonds is 5. The molecule has 0 aliphatic rings. The predicted octanol–water partition coefficient (Wildman–Crippen LogP) is 6.87. The van der Waals surface area contributed by atoms with Crippen LogP contribution in [-0.2, 0) is 0 Å². The molecule has 0 amide bonds. The largest absolute Gasteiger partial charge is 0.272 e. The van der Waals surface area contributed by atoms with Gasteiger partial charge in [0.15, 0.2) is 0 Å². The minimum atomic E-state index is 0.556. The fraction of sp³-hybridized carbons (Fsp3) is 0.136. The first-order valence-electron chi connectivity index (χ1n) is 8.68. The van der Waals surface area contributed by atoms with Gasteiger partial charge in [0, 0.05) is 28.4 Å². The Labute approximate surface area is 162 Å². The number of aromatic nitrogens is 2. The van der Waals surface area contributed by atoms with E-state index in [0.717, 1.165) is 5.03 Å². The Morgan fingerprint density at radius 2 is 1.65 bits per heavy atom. The van der Waals surface area contributed by atoms with Crippen LogP contribution in [0.2, 0.25) is 0 Å². The molecule has 0 spiro atoms. The third-order valence-electron chi connectivity index (χ3n) is 4.23. The molecule has 26 heavy (non-hydrogen) atoms. The highest BCUT2D eigenvalue weighted by molar-refractivity contribution is 8.01. The number of pyridine rings is 1. The summed E-state index contributed by atoms with van der Waals surface area (Å²) in [5.74, 6) is 0.556. The lowest BCUT2D eigenvalue weighted by atomic mass is 10.0. The van der Waals surface area contributed by atoms with Crippen molar-refractivity contribution in [1.82, 2.24) is 8.96 Å². The summed E-state index contributed by atoms with van der Waals surface area (Å²) in [7, 11) is 0. The number of benzene rings is 2. The van der Waals surface area contributed by atoms with Crippen molar-refractivity contribution in [2.75, 3.05) is 0 Å². The van der Waals surface area contributed by atoms with Gasteiger partial charge in [0.2, 0.25) is 0 Å². The van der Waals surface area contributed by atoms with E-state index in [1.165, 1.54) is 26.4 Å². The maximum Gasteiger partial charge on any atom is 0.117 e. The van der Waals surface area contributed by atoms with Gasteiger partial charge in [0.05, 0.1) is 10.5 Å². The molecular formula is C22H20N2S2. The van der Waals surface area contributed by atoms with E-state index in [1.807, 2.05) is 24.4 Å². The highest BCUT2D eigenvalue weighted by Gasteiger charge is 2.12. The van der Waals surface area contributed by atoms with Crippen molar-refractivity contribution >= 4 is 34.6 Å². The molecule has 0 bridgehead atoms. The second-order valence-corrected chi connectivity index (χ2v) is 8.48. The number of nitrogens with zero attached hydrogens (tertiary/aromatic N) is 2. The first kappa shape index (κ1) is 17.3. The minimum Gasteiger partial charge on any atom is -0.272 e. The normalized spacial score (nSPS) is 11.3. The predicted molar refractivity (Wildman–Crippen MR) is 112 cm³/mol. The van der Waals surface area contributed by atoms with Crippen LogP contribution in [0.15, 0.2) is 93.9 Å². The molecule has 4 heteroatoms. The maximum absolute atomic E-state index is 4.47. The molecule has 0 atom stereocenters. The zero-order chi connectivity index (χ0) is 17.9. The van der Waals surface area contributed by atoms with Crippen LogP contribution in [0.5, 0.6) is 0 Å². The molecule has 2 aromatic carbocycles. The van der Waals surface area contributed by atoms with Crippen LogP contribution in [-0.4, -0.2) is 8.96 Å². The molecule has 0 saturated carbocycles. The molecule has 2 nitrogen and oxygen atoms in total. The van der Waals surface area contributed by atoms with Crippen molar-refractivity contribution in [3.63, 3.8) is 0 Å². The Bertz CT molecular complexity index is 1010.